The number of nitrogens with two attached hydrogens (primary N) is 1. The first-order valence-electron chi connectivity index (χ1n) is 3.65. The third-order valence-corrected chi connectivity index (χ3v) is 1.47. The molecule has 6 nitrogen and oxygen atoms in total. The minimum absolute atomic E-state index is 0. The van der Waals surface area contributed by atoms with Crippen molar-refractivity contribution in [2.45, 2.75) is 18.9 Å². The molecule has 2 N–H and O–H groups in total. The minimum Gasteiger partial charge on any atom is -0.469 e. The van der Waals surface area contributed by atoms with Crippen LogP contribution in [0.2, 0.25) is 0 Å². The van der Waals surface area contributed by atoms with Gasteiger partial charge < -0.3 is 9.47 Å². The monoisotopic (exact) mass is 271 g/mol. The van der Waals surface area contributed by atoms with Gasteiger partial charge in [0.2, 0.25) is 0 Å². The predicted molar refractivity (Wildman–Crippen MR) is 52.6 cm³/mol. The van der Waals surface area contributed by atoms with Crippen LogP contribution in [0.5, 0.6) is 0 Å². The highest BCUT2D eigenvalue weighted by Crippen LogP contribution is 2.03. The van der Waals surface area contributed by atoms with Gasteiger partial charge in [-0.2, -0.15) is 0 Å². The van der Waals surface area contributed by atoms with Gasteiger partial charge in [0.1, 0.15) is 0 Å². The quantitative estimate of drug-likeness (QED) is 0.557. The summed E-state index contributed by atoms with van der Waals surface area (Å²) in [5.74, 6) is 3.79. The number of ether oxygens (including phenoxy) is 2. The van der Waals surface area contributed by atoms with Gasteiger partial charge in [-0.3, -0.25) is 9.63 Å². The van der Waals surface area contributed by atoms with Gasteiger partial charge in [0, 0.05) is 6.42 Å². The zero-order valence-electron chi connectivity index (χ0n) is 8.02. The first-order valence-corrected chi connectivity index (χ1v) is 3.65. The first-order chi connectivity index (χ1) is 6.15. The van der Waals surface area contributed by atoms with E-state index in [1.807, 2.05) is 0 Å². The maximum absolute atomic E-state index is 10.9. The van der Waals surface area contributed by atoms with Gasteiger partial charge in [0.15, 0.2) is 6.10 Å². The molecule has 0 radical (unpaired) electrons. The van der Waals surface area contributed by atoms with Crippen molar-refractivity contribution in [2.75, 3.05) is 14.2 Å². The Morgan fingerprint density at radius 2 is 1.86 bits per heavy atom. The Balaban J connectivity index is 0. The summed E-state index contributed by atoms with van der Waals surface area (Å²) in [5, 5.41) is 0. The zero-order valence-corrected chi connectivity index (χ0v) is 9.73. The zero-order chi connectivity index (χ0) is 10.3. The molecule has 0 aliphatic heterocycles. The fourth-order valence-electron chi connectivity index (χ4n) is 0.724. The summed E-state index contributed by atoms with van der Waals surface area (Å²) in [4.78, 5) is 25.9. The second-order valence-electron chi connectivity index (χ2n) is 2.26. The summed E-state index contributed by atoms with van der Waals surface area (Å²) < 4.78 is 8.74. The molecule has 1 unspecified atom stereocenters. The molecule has 0 amide bonds. The third kappa shape index (κ3) is 5.90. The highest BCUT2D eigenvalue weighted by atomic mass is 79.9. The molecule has 7 heteroatoms. The van der Waals surface area contributed by atoms with E-state index in [9.17, 15) is 9.59 Å². The summed E-state index contributed by atoms with van der Waals surface area (Å²) in [6.45, 7) is 0. The van der Waals surface area contributed by atoms with Crippen LogP contribution in [0, 0.1) is 0 Å². The molecule has 0 aliphatic rings. The Hall–Kier alpha value is -0.660. The van der Waals surface area contributed by atoms with E-state index in [0.29, 0.717) is 0 Å². The van der Waals surface area contributed by atoms with E-state index >= 15 is 0 Å². The molecule has 14 heavy (non-hydrogen) atoms. The molecule has 0 rings (SSSR count). The van der Waals surface area contributed by atoms with Crippen molar-refractivity contribution in [1.82, 2.24) is 0 Å². The molecular weight excluding hydrogens is 258 g/mol. The topological polar surface area (TPSA) is 87.9 Å². The Labute approximate surface area is 92.4 Å². The largest absolute Gasteiger partial charge is 0.469 e. The summed E-state index contributed by atoms with van der Waals surface area (Å²) in [6, 6.07) is 0. The normalized spacial score (nSPS) is 11.1. The van der Waals surface area contributed by atoms with E-state index in [0.717, 1.165) is 0 Å². The molecule has 0 aromatic rings. The van der Waals surface area contributed by atoms with E-state index in [-0.39, 0.29) is 29.8 Å². The maximum atomic E-state index is 10.9. The highest BCUT2D eigenvalue weighted by Gasteiger charge is 2.20. The molecule has 84 valence electrons. The van der Waals surface area contributed by atoms with Crippen LogP contribution in [-0.2, 0) is 23.9 Å². The van der Waals surface area contributed by atoms with Crippen LogP contribution < -0.4 is 5.90 Å². The van der Waals surface area contributed by atoms with Gasteiger partial charge in [-0.1, -0.05) is 0 Å². The van der Waals surface area contributed by atoms with Crippen molar-refractivity contribution in [3.8, 4) is 0 Å². The SMILES string of the molecule is Br.COC(=O)CCC(ON)C(=O)OC. The van der Waals surface area contributed by atoms with Crippen molar-refractivity contribution in [3.63, 3.8) is 0 Å². The van der Waals surface area contributed by atoms with Crippen LogP contribution in [0.3, 0.4) is 0 Å². The molecule has 0 fully saturated rings. The van der Waals surface area contributed by atoms with E-state index in [1.54, 1.807) is 0 Å². The number of carbonyl (C=O) groups excluding carboxylic acids is 2. The number of halogens is 1. The van der Waals surface area contributed by atoms with Crippen molar-refractivity contribution < 1.29 is 23.9 Å². The Morgan fingerprint density at radius 1 is 1.29 bits per heavy atom. The average Bonchev–Trinajstić information content (AvgIpc) is 2.17. The van der Waals surface area contributed by atoms with E-state index < -0.39 is 18.0 Å². The van der Waals surface area contributed by atoms with Crippen LogP contribution in [0.1, 0.15) is 12.8 Å². The summed E-state index contributed by atoms with van der Waals surface area (Å²) in [6.07, 6.45) is -0.701. The van der Waals surface area contributed by atoms with Crippen molar-refractivity contribution >= 4 is 28.9 Å². The summed E-state index contributed by atoms with van der Waals surface area (Å²) >= 11 is 0. The van der Waals surface area contributed by atoms with Gasteiger partial charge in [-0.15, -0.1) is 17.0 Å². The first kappa shape index (κ1) is 15.8. The maximum Gasteiger partial charge on any atom is 0.337 e. The number of rotatable bonds is 5. The van der Waals surface area contributed by atoms with Crippen LogP contribution in [0.25, 0.3) is 0 Å². The molecule has 0 saturated heterocycles. The molecule has 0 aliphatic carbocycles. The van der Waals surface area contributed by atoms with E-state index in [2.05, 4.69) is 14.3 Å². The molecule has 0 saturated carbocycles. The van der Waals surface area contributed by atoms with E-state index in [4.69, 9.17) is 5.90 Å². The summed E-state index contributed by atoms with van der Waals surface area (Å²) in [7, 11) is 2.48. The van der Waals surface area contributed by atoms with Crippen LogP contribution in [0.4, 0.5) is 0 Å². The van der Waals surface area contributed by atoms with Crippen LogP contribution >= 0.6 is 17.0 Å². The molecule has 1 atom stereocenters. The standard InChI is InChI=1S/C7H13NO5.BrH/c1-11-6(9)4-3-5(13-8)7(10)12-2;/h5H,3-4,8H2,1-2H3;1H. The molecule has 0 spiro atoms. The Kier molecular flexibility index (Phi) is 10.1. The second-order valence-corrected chi connectivity index (χ2v) is 2.26. The van der Waals surface area contributed by atoms with Crippen LogP contribution in [0.15, 0.2) is 0 Å². The van der Waals surface area contributed by atoms with Gasteiger partial charge >= 0.3 is 11.9 Å². The smallest absolute Gasteiger partial charge is 0.337 e. The number of methoxy groups -OCH3 is 2. The van der Waals surface area contributed by atoms with Crippen molar-refractivity contribution in [2.24, 2.45) is 5.90 Å². The summed E-state index contributed by atoms with van der Waals surface area (Å²) in [5.41, 5.74) is 0. The predicted octanol–water partition coefficient (Wildman–Crippen LogP) is -0.0506. The minimum atomic E-state index is -0.913. The number of hydrogen-bond donors (Lipinski definition) is 1. The fraction of sp³-hybridized carbons (Fsp3) is 0.714. The van der Waals surface area contributed by atoms with Gasteiger partial charge in [0.25, 0.3) is 0 Å². The second kappa shape index (κ2) is 8.92. The molecule has 0 bridgehead atoms. The number of carbonyl (C=O) groups is 2. The Morgan fingerprint density at radius 3 is 2.21 bits per heavy atom. The van der Waals surface area contributed by atoms with E-state index in [1.165, 1.54) is 14.2 Å². The fourth-order valence-corrected chi connectivity index (χ4v) is 0.724. The van der Waals surface area contributed by atoms with Gasteiger partial charge in [-0.05, 0) is 6.42 Å². The molecule has 0 aromatic carbocycles. The van der Waals surface area contributed by atoms with Gasteiger partial charge in [0.05, 0.1) is 14.2 Å². The lowest BCUT2D eigenvalue weighted by molar-refractivity contribution is -0.155. The highest BCUT2D eigenvalue weighted by molar-refractivity contribution is 8.93. The average molecular weight is 272 g/mol. The Bertz CT molecular complexity index is 187. The van der Waals surface area contributed by atoms with Gasteiger partial charge in [-0.25, -0.2) is 10.7 Å². The lowest BCUT2D eigenvalue weighted by Crippen LogP contribution is -2.29. The molecule has 0 aromatic heterocycles. The lowest BCUT2D eigenvalue weighted by Gasteiger charge is -2.10. The molecular formula is C7H14BrNO5. The number of hydrogen-bond acceptors (Lipinski definition) is 6. The molecule has 0 heterocycles. The van der Waals surface area contributed by atoms with Crippen molar-refractivity contribution in [1.29, 1.82) is 0 Å². The number of esters is 2. The van der Waals surface area contributed by atoms with Crippen LogP contribution in [-0.4, -0.2) is 32.3 Å². The van der Waals surface area contributed by atoms with Crippen molar-refractivity contribution in [3.05, 3.63) is 0 Å². The third-order valence-electron chi connectivity index (χ3n) is 1.47. The lowest BCUT2D eigenvalue weighted by atomic mass is 10.2.